The Balaban J connectivity index is 1.52. The van der Waals surface area contributed by atoms with Crippen molar-refractivity contribution in [3.05, 3.63) is 93.3 Å². The van der Waals surface area contributed by atoms with Crippen molar-refractivity contribution in [1.82, 2.24) is 15.6 Å². The number of para-hydroxylation sites is 1. The van der Waals surface area contributed by atoms with E-state index >= 15 is 0 Å². The largest absolute Gasteiger partial charge is 0.361 e. The molecule has 2 atom stereocenters. The summed E-state index contributed by atoms with van der Waals surface area (Å²) in [6.07, 6.45) is 2.59. The van der Waals surface area contributed by atoms with Crippen molar-refractivity contribution in [3.8, 4) is 0 Å². The molecule has 2 aromatic heterocycles. The Morgan fingerprint density at radius 1 is 1.07 bits per heavy atom. The number of aromatic nitrogens is 1. The summed E-state index contributed by atoms with van der Waals surface area (Å²) in [7, 11) is 0. The van der Waals surface area contributed by atoms with Gasteiger partial charge in [0.25, 0.3) is 0 Å². The standard InChI is InChI=1S/C24H24ClN3OS/c1-16(17-7-3-2-4-8-17)28-24(29)22(27-15-19-11-12-23(25)30-19)13-18-14-26-21-10-6-5-9-20(18)21/h2-12,14,16,22,26-27H,13,15H2,1H3,(H,28,29)/t16-,22+/m0/s1. The number of fused-ring (bicyclic) bond motifs is 1. The fourth-order valence-electron chi connectivity index (χ4n) is 3.59. The van der Waals surface area contributed by atoms with Gasteiger partial charge in [0.15, 0.2) is 0 Å². The number of aromatic amines is 1. The first-order valence-corrected chi connectivity index (χ1v) is 11.2. The molecule has 2 heterocycles. The molecular formula is C24H24ClN3OS. The van der Waals surface area contributed by atoms with E-state index in [4.69, 9.17) is 11.6 Å². The molecule has 4 aromatic rings. The quantitative estimate of drug-likeness (QED) is 0.342. The topological polar surface area (TPSA) is 56.9 Å². The predicted molar refractivity (Wildman–Crippen MR) is 125 cm³/mol. The molecule has 0 fully saturated rings. The molecule has 0 spiro atoms. The van der Waals surface area contributed by atoms with Gasteiger partial charge >= 0.3 is 0 Å². The van der Waals surface area contributed by atoms with E-state index in [1.54, 1.807) is 0 Å². The zero-order valence-electron chi connectivity index (χ0n) is 16.7. The summed E-state index contributed by atoms with van der Waals surface area (Å²) in [6.45, 7) is 2.60. The molecule has 30 heavy (non-hydrogen) atoms. The lowest BCUT2D eigenvalue weighted by Crippen LogP contribution is -2.46. The van der Waals surface area contributed by atoms with E-state index in [0.717, 1.165) is 31.2 Å². The van der Waals surface area contributed by atoms with Crippen molar-refractivity contribution < 1.29 is 4.79 Å². The third kappa shape index (κ3) is 4.93. The molecule has 3 N–H and O–H groups in total. The van der Waals surface area contributed by atoms with E-state index in [9.17, 15) is 4.79 Å². The maximum absolute atomic E-state index is 13.2. The average Bonchev–Trinajstić information content (AvgIpc) is 3.37. The molecule has 154 valence electrons. The van der Waals surface area contributed by atoms with Gasteiger partial charge in [0.05, 0.1) is 16.4 Å². The summed E-state index contributed by atoms with van der Waals surface area (Å²) >= 11 is 7.59. The maximum atomic E-state index is 13.2. The van der Waals surface area contributed by atoms with Crippen LogP contribution in [-0.2, 0) is 17.8 Å². The second kappa shape index (κ2) is 9.47. The van der Waals surface area contributed by atoms with Gasteiger partial charge in [-0.2, -0.15) is 0 Å². The van der Waals surface area contributed by atoms with Gasteiger partial charge in [0.1, 0.15) is 0 Å². The van der Waals surface area contributed by atoms with Crippen LogP contribution in [-0.4, -0.2) is 16.9 Å². The number of H-pyrrole nitrogens is 1. The molecule has 0 bridgehead atoms. The Labute approximate surface area is 185 Å². The van der Waals surface area contributed by atoms with Crippen LogP contribution in [0.2, 0.25) is 4.34 Å². The number of hydrogen-bond donors (Lipinski definition) is 3. The highest BCUT2D eigenvalue weighted by molar-refractivity contribution is 7.16. The van der Waals surface area contributed by atoms with E-state index in [1.807, 2.05) is 73.8 Å². The summed E-state index contributed by atoms with van der Waals surface area (Å²) in [5.41, 5.74) is 3.28. The first-order valence-electron chi connectivity index (χ1n) is 9.98. The second-order valence-electron chi connectivity index (χ2n) is 7.34. The SMILES string of the molecule is C[C@H](NC(=O)[C@@H](Cc1c[nH]c2ccccc12)NCc1ccc(Cl)s1)c1ccccc1. The van der Waals surface area contributed by atoms with Gasteiger partial charge in [-0.15, -0.1) is 11.3 Å². The Bertz CT molecular complexity index is 1120. The van der Waals surface area contributed by atoms with E-state index in [-0.39, 0.29) is 18.0 Å². The van der Waals surface area contributed by atoms with E-state index in [1.165, 1.54) is 11.3 Å². The van der Waals surface area contributed by atoms with Crippen molar-refractivity contribution in [2.45, 2.75) is 32.0 Å². The van der Waals surface area contributed by atoms with Crippen LogP contribution in [0.4, 0.5) is 0 Å². The first-order chi connectivity index (χ1) is 14.6. The monoisotopic (exact) mass is 437 g/mol. The summed E-state index contributed by atoms with van der Waals surface area (Å²) < 4.78 is 0.752. The van der Waals surface area contributed by atoms with Crippen molar-refractivity contribution in [3.63, 3.8) is 0 Å². The smallest absolute Gasteiger partial charge is 0.237 e. The predicted octanol–water partition coefficient (Wildman–Crippen LogP) is 5.46. The number of hydrogen-bond acceptors (Lipinski definition) is 3. The minimum Gasteiger partial charge on any atom is -0.361 e. The van der Waals surface area contributed by atoms with Crippen LogP contribution in [0.3, 0.4) is 0 Å². The third-order valence-electron chi connectivity index (χ3n) is 5.23. The molecule has 4 rings (SSSR count). The summed E-state index contributed by atoms with van der Waals surface area (Å²) in [6, 6.07) is 21.6. The Morgan fingerprint density at radius 2 is 1.83 bits per heavy atom. The van der Waals surface area contributed by atoms with Gasteiger partial charge in [0, 0.05) is 28.5 Å². The lowest BCUT2D eigenvalue weighted by atomic mass is 10.0. The normalized spacial score (nSPS) is 13.3. The van der Waals surface area contributed by atoms with Crippen molar-refractivity contribution >= 4 is 39.7 Å². The molecular weight excluding hydrogens is 414 g/mol. The number of rotatable bonds is 8. The molecule has 0 aliphatic heterocycles. The molecule has 1 amide bonds. The number of halogens is 1. The number of benzene rings is 2. The fraction of sp³-hybridized carbons (Fsp3) is 0.208. The molecule has 0 unspecified atom stereocenters. The van der Waals surface area contributed by atoms with Crippen molar-refractivity contribution in [2.24, 2.45) is 0 Å². The van der Waals surface area contributed by atoms with Crippen LogP contribution in [0.15, 0.2) is 72.9 Å². The molecule has 0 aliphatic rings. The summed E-state index contributed by atoms with van der Waals surface area (Å²) in [5.74, 6) is -0.0145. The Hall–Kier alpha value is -2.60. The van der Waals surface area contributed by atoms with Gasteiger partial charge in [-0.3, -0.25) is 4.79 Å². The summed E-state index contributed by atoms with van der Waals surface area (Å²) in [4.78, 5) is 17.6. The van der Waals surface area contributed by atoms with E-state index in [2.05, 4.69) is 21.7 Å². The summed E-state index contributed by atoms with van der Waals surface area (Å²) in [5, 5.41) is 7.74. The number of carbonyl (C=O) groups is 1. The molecule has 4 nitrogen and oxygen atoms in total. The van der Waals surface area contributed by atoms with Crippen LogP contribution >= 0.6 is 22.9 Å². The Kier molecular flexibility index (Phi) is 6.53. The number of carbonyl (C=O) groups excluding carboxylic acids is 1. The van der Waals surface area contributed by atoms with Crippen LogP contribution in [0.1, 0.15) is 29.0 Å². The van der Waals surface area contributed by atoms with Gasteiger partial charge in [-0.25, -0.2) is 0 Å². The van der Waals surface area contributed by atoms with E-state index < -0.39 is 0 Å². The minimum atomic E-state index is -0.365. The Morgan fingerprint density at radius 3 is 2.60 bits per heavy atom. The van der Waals surface area contributed by atoms with Gasteiger partial charge in [-0.05, 0) is 42.7 Å². The molecule has 0 radical (unpaired) electrons. The highest BCUT2D eigenvalue weighted by Gasteiger charge is 2.22. The zero-order valence-corrected chi connectivity index (χ0v) is 18.3. The second-order valence-corrected chi connectivity index (χ2v) is 9.14. The third-order valence-corrected chi connectivity index (χ3v) is 6.46. The average molecular weight is 438 g/mol. The first kappa shape index (κ1) is 20.7. The highest BCUT2D eigenvalue weighted by atomic mass is 35.5. The van der Waals surface area contributed by atoms with Crippen molar-refractivity contribution in [2.75, 3.05) is 0 Å². The van der Waals surface area contributed by atoms with Crippen LogP contribution < -0.4 is 10.6 Å². The lowest BCUT2D eigenvalue weighted by Gasteiger charge is -2.21. The maximum Gasteiger partial charge on any atom is 0.237 e. The molecule has 0 aliphatic carbocycles. The van der Waals surface area contributed by atoms with E-state index in [0.29, 0.717) is 13.0 Å². The highest BCUT2D eigenvalue weighted by Crippen LogP contribution is 2.23. The van der Waals surface area contributed by atoms with Crippen molar-refractivity contribution in [1.29, 1.82) is 0 Å². The molecule has 0 saturated heterocycles. The number of nitrogens with one attached hydrogen (secondary N) is 3. The minimum absolute atomic E-state index is 0.0145. The molecule has 6 heteroatoms. The zero-order chi connectivity index (χ0) is 20.9. The molecule has 0 saturated carbocycles. The fourth-order valence-corrected chi connectivity index (χ4v) is 4.63. The number of amides is 1. The lowest BCUT2D eigenvalue weighted by molar-refractivity contribution is -0.123. The number of thiophene rings is 1. The van der Waals surface area contributed by atoms with Crippen LogP contribution in [0.25, 0.3) is 10.9 Å². The molecule has 2 aromatic carbocycles. The van der Waals surface area contributed by atoms with Gasteiger partial charge in [-0.1, -0.05) is 60.1 Å². The van der Waals surface area contributed by atoms with Crippen LogP contribution in [0.5, 0.6) is 0 Å². The van der Waals surface area contributed by atoms with Gasteiger partial charge < -0.3 is 15.6 Å². The van der Waals surface area contributed by atoms with Gasteiger partial charge in [0.2, 0.25) is 5.91 Å². The van der Waals surface area contributed by atoms with Crippen LogP contribution in [0, 0.1) is 0 Å².